The molecule has 0 aromatic carbocycles. The molecule has 0 radical (unpaired) electrons. The van der Waals surface area contributed by atoms with E-state index in [0.29, 0.717) is 6.42 Å². The fourth-order valence-corrected chi connectivity index (χ4v) is 11.1. The van der Waals surface area contributed by atoms with Gasteiger partial charge in [0.2, 0.25) is 5.91 Å². The second kappa shape index (κ2) is 68.9. The van der Waals surface area contributed by atoms with Crippen LogP contribution in [0.2, 0.25) is 0 Å². The Bertz CT molecular complexity index is 1950. The van der Waals surface area contributed by atoms with Gasteiger partial charge in [-0.25, -0.2) is 0 Å². The van der Waals surface area contributed by atoms with E-state index >= 15 is 0 Å². The average molecular weight is 1270 g/mol. The highest BCUT2D eigenvalue weighted by atomic mass is 16.7. The number of aliphatic hydroxyl groups is 5. The molecule has 1 fully saturated rings. The fourth-order valence-electron chi connectivity index (χ4n) is 11.1. The van der Waals surface area contributed by atoms with Crippen molar-refractivity contribution < 1.29 is 39.8 Å². The summed E-state index contributed by atoms with van der Waals surface area (Å²) in [7, 11) is 0. The number of carbonyl (C=O) groups is 1. The predicted octanol–water partition coefficient (Wildman–Crippen LogP) is 21.3. The van der Waals surface area contributed by atoms with Gasteiger partial charge in [0.15, 0.2) is 6.29 Å². The molecule has 1 amide bonds. The Morgan fingerprint density at radius 3 is 1.05 bits per heavy atom. The minimum Gasteiger partial charge on any atom is -0.394 e. The number of aliphatic hydroxyl groups excluding tert-OH is 5. The molecule has 0 aromatic rings. The third-order valence-electron chi connectivity index (χ3n) is 16.9. The van der Waals surface area contributed by atoms with Gasteiger partial charge >= 0.3 is 0 Å². The van der Waals surface area contributed by atoms with Gasteiger partial charge in [-0.2, -0.15) is 0 Å². The Kier molecular flexibility index (Phi) is 64.4. The lowest BCUT2D eigenvalue weighted by Gasteiger charge is -2.40. The highest BCUT2D eigenvalue weighted by Crippen LogP contribution is 2.23. The summed E-state index contributed by atoms with van der Waals surface area (Å²) < 4.78 is 11.3. The normalized spacial score (nSPS) is 18.6. The number of rotatable bonds is 64. The molecule has 0 spiro atoms. The van der Waals surface area contributed by atoms with Crippen LogP contribution in [0.3, 0.4) is 0 Å². The first-order valence-corrected chi connectivity index (χ1v) is 37.6. The van der Waals surface area contributed by atoms with E-state index < -0.39 is 49.5 Å². The van der Waals surface area contributed by atoms with E-state index in [1.165, 1.54) is 173 Å². The van der Waals surface area contributed by atoms with Crippen molar-refractivity contribution in [3.05, 3.63) is 146 Å². The number of carbonyl (C=O) groups excluding carboxylic acids is 1. The van der Waals surface area contributed by atoms with Crippen LogP contribution in [0.5, 0.6) is 0 Å². The lowest BCUT2D eigenvalue weighted by Crippen LogP contribution is -2.60. The van der Waals surface area contributed by atoms with Crippen molar-refractivity contribution in [3.63, 3.8) is 0 Å². The molecule has 1 rings (SSSR count). The largest absolute Gasteiger partial charge is 0.394 e. The zero-order valence-corrected chi connectivity index (χ0v) is 58.3. The summed E-state index contributed by atoms with van der Waals surface area (Å²) in [6.07, 6.45) is 99.6. The van der Waals surface area contributed by atoms with E-state index in [0.717, 1.165) is 116 Å². The Morgan fingerprint density at radius 1 is 0.385 bits per heavy atom. The first kappa shape index (κ1) is 85.1. The molecule has 7 unspecified atom stereocenters. The maximum Gasteiger partial charge on any atom is 0.220 e. The van der Waals surface area contributed by atoms with Gasteiger partial charge in [0.05, 0.1) is 25.4 Å². The standard InChI is InChI=1S/C82H139NO8/c1-3-5-7-9-11-13-15-17-19-21-23-25-27-29-31-33-34-35-36-37-38-39-40-41-42-44-46-48-50-52-54-56-58-60-62-64-66-68-70-72-78(86)83-75(74-90-82-81(89)80(88)79(87)77(73-84)91-82)76(85)71-69-67-65-63-61-59-57-55-53-51-49-47-45-43-32-30-28-26-24-22-20-18-16-14-12-10-8-6-4-2/h5,7,11,13,17,19,23,25,29,31,34-35,37-38,40-41,44,46,53,55,61,63,69,71,75-77,79-82,84-85,87-89H,3-4,6,8-10,12,14-16,18,20-22,24,26-28,30,32-33,36,39,42-43,45,47-52,54,56-60,62,64-68,70,72-74H2,1-2H3,(H,83,86)/b7-5-,13-11-,19-17-,25-23-,31-29-,35-34-,38-37-,41-40-,46-44-,55-53+,63-61+,71-69+. The summed E-state index contributed by atoms with van der Waals surface area (Å²) in [4.78, 5) is 13.1. The maximum absolute atomic E-state index is 13.1. The van der Waals surface area contributed by atoms with Crippen molar-refractivity contribution >= 4 is 5.91 Å². The van der Waals surface area contributed by atoms with Crippen LogP contribution in [-0.2, 0) is 14.3 Å². The Hall–Kier alpha value is -3.93. The minimum atomic E-state index is -1.58. The van der Waals surface area contributed by atoms with Crippen LogP contribution >= 0.6 is 0 Å². The molecular formula is C82H139NO8. The van der Waals surface area contributed by atoms with Crippen molar-refractivity contribution in [2.45, 2.75) is 352 Å². The van der Waals surface area contributed by atoms with Gasteiger partial charge < -0.3 is 40.3 Å². The summed E-state index contributed by atoms with van der Waals surface area (Å²) in [5.74, 6) is -0.197. The van der Waals surface area contributed by atoms with E-state index in [-0.39, 0.29) is 12.5 Å². The van der Waals surface area contributed by atoms with Crippen molar-refractivity contribution in [3.8, 4) is 0 Å². The fraction of sp³-hybridized carbons (Fsp3) is 0.695. The maximum atomic E-state index is 13.1. The third kappa shape index (κ3) is 57.3. The van der Waals surface area contributed by atoms with E-state index in [4.69, 9.17) is 9.47 Å². The molecule has 1 aliphatic rings. The van der Waals surface area contributed by atoms with Gasteiger partial charge in [-0.05, 0) is 116 Å². The van der Waals surface area contributed by atoms with Gasteiger partial charge in [0, 0.05) is 6.42 Å². The lowest BCUT2D eigenvalue weighted by atomic mass is 9.99. The monoisotopic (exact) mass is 1270 g/mol. The molecule has 9 nitrogen and oxygen atoms in total. The topological polar surface area (TPSA) is 149 Å². The molecule has 9 heteroatoms. The molecule has 6 N–H and O–H groups in total. The molecule has 1 saturated heterocycles. The number of nitrogens with one attached hydrogen (secondary N) is 1. The highest BCUT2D eigenvalue weighted by molar-refractivity contribution is 5.76. The number of ether oxygens (including phenoxy) is 2. The van der Waals surface area contributed by atoms with Gasteiger partial charge in [0.1, 0.15) is 24.4 Å². The smallest absolute Gasteiger partial charge is 0.220 e. The molecule has 91 heavy (non-hydrogen) atoms. The van der Waals surface area contributed by atoms with Crippen LogP contribution in [0.1, 0.15) is 309 Å². The van der Waals surface area contributed by atoms with Crippen LogP contribution in [0.25, 0.3) is 0 Å². The Labute approximate surface area is 559 Å². The van der Waals surface area contributed by atoms with Crippen LogP contribution < -0.4 is 5.32 Å². The van der Waals surface area contributed by atoms with Crippen LogP contribution in [0.15, 0.2) is 146 Å². The summed E-state index contributed by atoms with van der Waals surface area (Å²) in [5.41, 5.74) is 0. The zero-order chi connectivity index (χ0) is 65.7. The number of allylic oxidation sites excluding steroid dienone is 23. The molecule has 0 aliphatic carbocycles. The highest BCUT2D eigenvalue weighted by Gasteiger charge is 2.44. The second-order valence-electron chi connectivity index (χ2n) is 25.3. The van der Waals surface area contributed by atoms with Crippen LogP contribution in [-0.4, -0.2) is 87.5 Å². The van der Waals surface area contributed by atoms with Gasteiger partial charge in [-0.1, -0.05) is 333 Å². The van der Waals surface area contributed by atoms with Gasteiger partial charge in [-0.15, -0.1) is 0 Å². The third-order valence-corrected chi connectivity index (χ3v) is 16.9. The molecule has 7 atom stereocenters. The van der Waals surface area contributed by atoms with Crippen molar-refractivity contribution in [2.75, 3.05) is 13.2 Å². The average Bonchev–Trinajstić information content (AvgIpc) is 1.33. The first-order chi connectivity index (χ1) is 44.8. The van der Waals surface area contributed by atoms with E-state index in [9.17, 15) is 30.3 Å². The van der Waals surface area contributed by atoms with Crippen molar-refractivity contribution in [1.29, 1.82) is 0 Å². The number of hydrogen-bond donors (Lipinski definition) is 6. The van der Waals surface area contributed by atoms with E-state index in [1.807, 2.05) is 6.08 Å². The van der Waals surface area contributed by atoms with Gasteiger partial charge in [0.25, 0.3) is 0 Å². The van der Waals surface area contributed by atoms with Crippen LogP contribution in [0.4, 0.5) is 0 Å². The summed E-state index contributed by atoms with van der Waals surface area (Å²) >= 11 is 0. The number of unbranched alkanes of at least 4 members (excludes halogenated alkanes) is 32. The summed E-state index contributed by atoms with van der Waals surface area (Å²) in [6.45, 7) is 3.66. The van der Waals surface area contributed by atoms with Crippen molar-refractivity contribution in [2.24, 2.45) is 0 Å². The molecular weight excluding hydrogens is 1130 g/mol. The van der Waals surface area contributed by atoms with E-state index in [2.05, 4.69) is 153 Å². The molecule has 0 bridgehead atoms. The minimum absolute atomic E-state index is 0.197. The zero-order valence-electron chi connectivity index (χ0n) is 58.3. The molecule has 0 aromatic heterocycles. The SMILES string of the molecule is CC/C=C\C/C=C\C/C=C\C/C=C\C/C=C\C/C=C\C/C=C\C/C=C\C/C=C\CCCCCCCCCCCCCC(=O)NC(COC1OC(CO)C(O)C(O)C1O)C(O)/C=C/CC/C=C/CC/C=C/CCCCCCCCCCCCCCCCCCCCC. The number of amides is 1. The summed E-state index contributed by atoms with van der Waals surface area (Å²) in [5, 5.41) is 54.8. The molecule has 520 valence electrons. The van der Waals surface area contributed by atoms with Crippen molar-refractivity contribution in [1.82, 2.24) is 5.32 Å². The molecule has 1 aliphatic heterocycles. The predicted molar refractivity (Wildman–Crippen MR) is 391 cm³/mol. The molecule has 1 heterocycles. The lowest BCUT2D eigenvalue weighted by molar-refractivity contribution is -0.302. The Morgan fingerprint density at radius 2 is 0.692 bits per heavy atom. The second-order valence-corrected chi connectivity index (χ2v) is 25.3. The summed E-state index contributed by atoms with van der Waals surface area (Å²) in [6, 6.07) is -0.842. The van der Waals surface area contributed by atoms with E-state index in [1.54, 1.807) is 6.08 Å². The number of hydrogen-bond acceptors (Lipinski definition) is 8. The van der Waals surface area contributed by atoms with Crippen LogP contribution in [0, 0.1) is 0 Å². The molecule has 0 saturated carbocycles. The van der Waals surface area contributed by atoms with Gasteiger partial charge in [-0.3, -0.25) is 4.79 Å². The first-order valence-electron chi connectivity index (χ1n) is 37.6. The Balaban J connectivity index is 2.16. The quantitative estimate of drug-likeness (QED) is 0.0261.